The Hall–Kier alpha value is -0.500. The van der Waals surface area contributed by atoms with Gasteiger partial charge < -0.3 is 29.9 Å². The van der Waals surface area contributed by atoms with Gasteiger partial charge in [-0.15, -0.1) is 6.58 Å². The normalized spacial score (nSPS) is 41.5. The van der Waals surface area contributed by atoms with Gasteiger partial charge in [0, 0.05) is 0 Å². The van der Waals surface area contributed by atoms with Crippen LogP contribution in [0.2, 0.25) is 0 Å². The van der Waals surface area contributed by atoms with Crippen LogP contribution >= 0.6 is 0 Å². The highest BCUT2D eigenvalue weighted by atomic mass is 16.7. The SMILES string of the molecule is C=CCO[C@H]1C(O)O[C@H](CO)[C@@H](O)[C@@H]1O. The van der Waals surface area contributed by atoms with Crippen molar-refractivity contribution in [1.29, 1.82) is 0 Å². The monoisotopic (exact) mass is 220 g/mol. The smallest absolute Gasteiger partial charge is 0.184 e. The van der Waals surface area contributed by atoms with Crippen LogP contribution in [-0.2, 0) is 9.47 Å². The number of aliphatic hydroxyl groups excluding tert-OH is 4. The van der Waals surface area contributed by atoms with E-state index < -0.39 is 37.3 Å². The van der Waals surface area contributed by atoms with Crippen molar-refractivity contribution in [3.8, 4) is 0 Å². The maximum atomic E-state index is 9.58. The molecular formula is C9H16O6. The van der Waals surface area contributed by atoms with Gasteiger partial charge in [0.15, 0.2) is 6.29 Å². The summed E-state index contributed by atoms with van der Waals surface area (Å²) in [6.45, 7) is 3.05. The quantitative estimate of drug-likeness (QED) is 0.408. The summed E-state index contributed by atoms with van der Waals surface area (Å²) in [5, 5.41) is 37.3. The van der Waals surface area contributed by atoms with E-state index in [1.807, 2.05) is 0 Å². The topological polar surface area (TPSA) is 99.4 Å². The lowest BCUT2D eigenvalue weighted by Crippen LogP contribution is -2.59. The molecule has 0 saturated carbocycles. The Morgan fingerprint density at radius 1 is 1.27 bits per heavy atom. The molecular weight excluding hydrogens is 204 g/mol. The van der Waals surface area contributed by atoms with Gasteiger partial charge in [0.1, 0.15) is 24.4 Å². The van der Waals surface area contributed by atoms with Gasteiger partial charge in [-0.2, -0.15) is 0 Å². The molecule has 0 aliphatic carbocycles. The van der Waals surface area contributed by atoms with Gasteiger partial charge >= 0.3 is 0 Å². The Balaban J connectivity index is 2.61. The average molecular weight is 220 g/mol. The molecule has 1 unspecified atom stereocenters. The molecule has 0 bridgehead atoms. The zero-order valence-corrected chi connectivity index (χ0v) is 8.19. The molecule has 0 aromatic heterocycles. The predicted octanol–water partition coefficient (Wildman–Crippen LogP) is -2.01. The summed E-state index contributed by atoms with van der Waals surface area (Å²) in [7, 11) is 0. The first-order valence-electron chi connectivity index (χ1n) is 4.64. The molecule has 6 heteroatoms. The third-order valence-electron chi connectivity index (χ3n) is 2.25. The molecule has 0 spiro atoms. The van der Waals surface area contributed by atoms with Crippen LogP contribution < -0.4 is 0 Å². The van der Waals surface area contributed by atoms with Crippen molar-refractivity contribution < 1.29 is 29.9 Å². The molecule has 1 rings (SSSR count). The highest BCUT2D eigenvalue weighted by Gasteiger charge is 2.44. The lowest BCUT2D eigenvalue weighted by atomic mass is 9.99. The van der Waals surface area contributed by atoms with Gasteiger partial charge in [-0.05, 0) is 0 Å². The van der Waals surface area contributed by atoms with Crippen molar-refractivity contribution in [2.45, 2.75) is 30.7 Å². The van der Waals surface area contributed by atoms with Gasteiger partial charge in [-0.1, -0.05) is 6.08 Å². The molecule has 4 N–H and O–H groups in total. The summed E-state index contributed by atoms with van der Waals surface area (Å²) in [5.41, 5.74) is 0. The van der Waals surface area contributed by atoms with Crippen LogP contribution in [-0.4, -0.2) is 64.3 Å². The van der Waals surface area contributed by atoms with Crippen molar-refractivity contribution in [2.75, 3.05) is 13.2 Å². The van der Waals surface area contributed by atoms with Crippen molar-refractivity contribution in [2.24, 2.45) is 0 Å². The number of aliphatic hydroxyl groups is 4. The van der Waals surface area contributed by atoms with E-state index in [1.165, 1.54) is 6.08 Å². The van der Waals surface area contributed by atoms with Crippen LogP contribution in [0.15, 0.2) is 12.7 Å². The third kappa shape index (κ3) is 2.75. The minimum absolute atomic E-state index is 0.124. The maximum absolute atomic E-state index is 9.58. The molecule has 88 valence electrons. The van der Waals surface area contributed by atoms with Crippen LogP contribution in [0.25, 0.3) is 0 Å². The zero-order valence-electron chi connectivity index (χ0n) is 8.19. The summed E-state index contributed by atoms with van der Waals surface area (Å²) < 4.78 is 9.90. The van der Waals surface area contributed by atoms with Crippen LogP contribution in [0.5, 0.6) is 0 Å². The second-order valence-corrected chi connectivity index (χ2v) is 3.32. The van der Waals surface area contributed by atoms with Gasteiger partial charge in [0.05, 0.1) is 13.2 Å². The Kier molecular flexibility index (Phi) is 4.65. The van der Waals surface area contributed by atoms with E-state index >= 15 is 0 Å². The highest BCUT2D eigenvalue weighted by molar-refractivity contribution is 4.89. The number of rotatable bonds is 4. The molecule has 0 radical (unpaired) electrons. The summed E-state index contributed by atoms with van der Waals surface area (Å²) in [4.78, 5) is 0. The molecule has 6 nitrogen and oxygen atoms in total. The minimum atomic E-state index is -1.37. The van der Waals surface area contributed by atoms with Gasteiger partial charge in [-0.3, -0.25) is 0 Å². The van der Waals surface area contributed by atoms with E-state index in [9.17, 15) is 15.3 Å². The molecule has 0 aromatic rings. The van der Waals surface area contributed by atoms with Gasteiger partial charge in [0.25, 0.3) is 0 Å². The van der Waals surface area contributed by atoms with E-state index in [0.717, 1.165) is 0 Å². The number of hydrogen-bond donors (Lipinski definition) is 4. The first-order valence-corrected chi connectivity index (χ1v) is 4.64. The second kappa shape index (κ2) is 5.55. The van der Waals surface area contributed by atoms with E-state index in [-0.39, 0.29) is 6.61 Å². The molecule has 1 fully saturated rings. The number of ether oxygens (including phenoxy) is 2. The largest absolute Gasteiger partial charge is 0.394 e. The zero-order chi connectivity index (χ0) is 11.4. The summed E-state index contributed by atoms with van der Waals surface area (Å²) in [6.07, 6.45) is -4.55. The van der Waals surface area contributed by atoms with Crippen molar-refractivity contribution in [3.05, 3.63) is 12.7 Å². The number of hydrogen-bond acceptors (Lipinski definition) is 6. The minimum Gasteiger partial charge on any atom is -0.394 e. The Labute approximate surface area is 87.4 Å². The summed E-state index contributed by atoms with van der Waals surface area (Å²) >= 11 is 0. The van der Waals surface area contributed by atoms with E-state index in [2.05, 4.69) is 6.58 Å². The first-order chi connectivity index (χ1) is 7.11. The Bertz CT molecular complexity index is 209. The predicted molar refractivity (Wildman–Crippen MR) is 49.9 cm³/mol. The molecule has 0 aromatic carbocycles. The summed E-state index contributed by atoms with van der Waals surface area (Å²) in [6, 6.07) is 0. The van der Waals surface area contributed by atoms with Crippen molar-refractivity contribution in [1.82, 2.24) is 0 Å². The first kappa shape index (κ1) is 12.6. The molecule has 0 amide bonds. The van der Waals surface area contributed by atoms with E-state index in [0.29, 0.717) is 0 Å². The molecule has 1 aliphatic rings. The lowest BCUT2D eigenvalue weighted by Gasteiger charge is -2.39. The fourth-order valence-electron chi connectivity index (χ4n) is 1.43. The van der Waals surface area contributed by atoms with Gasteiger partial charge in [0.2, 0.25) is 0 Å². The van der Waals surface area contributed by atoms with Crippen molar-refractivity contribution >= 4 is 0 Å². The maximum Gasteiger partial charge on any atom is 0.184 e. The van der Waals surface area contributed by atoms with Crippen LogP contribution in [0.1, 0.15) is 0 Å². The fraction of sp³-hybridized carbons (Fsp3) is 0.778. The van der Waals surface area contributed by atoms with Crippen LogP contribution in [0.3, 0.4) is 0 Å². The molecule has 5 atom stereocenters. The van der Waals surface area contributed by atoms with Crippen LogP contribution in [0, 0.1) is 0 Å². The summed E-state index contributed by atoms with van der Waals surface area (Å²) in [5.74, 6) is 0. The van der Waals surface area contributed by atoms with Crippen molar-refractivity contribution in [3.63, 3.8) is 0 Å². The highest BCUT2D eigenvalue weighted by Crippen LogP contribution is 2.21. The standard InChI is InChI=1S/C9H16O6/c1-2-3-14-8-7(12)6(11)5(4-10)15-9(8)13/h2,5-13H,1,3-4H2/t5-,6-,7+,8-,9?/m1/s1. The molecule has 1 aliphatic heterocycles. The molecule has 1 heterocycles. The third-order valence-corrected chi connectivity index (χ3v) is 2.25. The van der Waals surface area contributed by atoms with E-state index in [1.54, 1.807) is 0 Å². The van der Waals surface area contributed by atoms with Gasteiger partial charge in [-0.25, -0.2) is 0 Å². The Morgan fingerprint density at radius 3 is 2.47 bits per heavy atom. The molecule has 1 saturated heterocycles. The Morgan fingerprint density at radius 2 is 1.93 bits per heavy atom. The molecule has 15 heavy (non-hydrogen) atoms. The van der Waals surface area contributed by atoms with E-state index in [4.69, 9.17) is 14.6 Å². The second-order valence-electron chi connectivity index (χ2n) is 3.32. The van der Waals surface area contributed by atoms with Crippen LogP contribution in [0.4, 0.5) is 0 Å². The average Bonchev–Trinajstić information content (AvgIpc) is 2.23. The lowest BCUT2D eigenvalue weighted by molar-refractivity contribution is -0.294. The fourth-order valence-corrected chi connectivity index (χ4v) is 1.43.